The number of halogens is 1. The van der Waals surface area contributed by atoms with Gasteiger partial charge in [-0.05, 0) is 29.2 Å². The number of nitrogens with two attached hydrogens (primary N) is 1. The third-order valence-corrected chi connectivity index (χ3v) is 2.61. The van der Waals surface area contributed by atoms with Crippen molar-refractivity contribution in [3.05, 3.63) is 40.4 Å². The number of hydrogen-bond donors (Lipinski definition) is 1. The molecule has 0 saturated heterocycles. The quantitative estimate of drug-likeness (QED) is 0.878. The molecular weight excluding hydrogens is 238 g/mol. The average Bonchev–Trinajstić information content (AvgIpc) is 2.13. The SMILES string of the molecule is CC(C)/C(=C/CN)c1cccc(Br)c1. The largest absolute Gasteiger partial charge is 0.327 e. The van der Waals surface area contributed by atoms with Crippen LogP contribution in [0.15, 0.2) is 34.8 Å². The van der Waals surface area contributed by atoms with E-state index in [9.17, 15) is 0 Å². The van der Waals surface area contributed by atoms with Crippen LogP contribution in [0, 0.1) is 5.92 Å². The van der Waals surface area contributed by atoms with Crippen molar-refractivity contribution in [2.45, 2.75) is 13.8 Å². The van der Waals surface area contributed by atoms with Crippen molar-refractivity contribution in [1.82, 2.24) is 0 Å². The third kappa shape index (κ3) is 2.96. The van der Waals surface area contributed by atoms with E-state index in [1.165, 1.54) is 11.1 Å². The van der Waals surface area contributed by atoms with Crippen LogP contribution in [0.25, 0.3) is 5.57 Å². The van der Waals surface area contributed by atoms with Crippen LogP contribution in [0.2, 0.25) is 0 Å². The van der Waals surface area contributed by atoms with Crippen LogP contribution in [0.4, 0.5) is 0 Å². The maximum atomic E-state index is 5.55. The Bertz CT molecular complexity index is 329. The second-order valence-electron chi connectivity index (χ2n) is 3.56. The highest BCUT2D eigenvalue weighted by Gasteiger charge is 2.05. The van der Waals surface area contributed by atoms with Crippen LogP contribution >= 0.6 is 15.9 Å². The zero-order valence-corrected chi connectivity index (χ0v) is 10.2. The summed E-state index contributed by atoms with van der Waals surface area (Å²) in [6.07, 6.45) is 2.09. The molecule has 0 unspecified atom stereocenters. The van der Waals surface area contributed by atoms with Crippen molar-refractivity contribution in [2.75, 3.05) is 6.54 Å². The van der Waals surface area contributed by atoms with E-state index in [-0.39, 0.29) is 0 Å². The minimum atomic E-state index is 0.507. The van der Waals surface area contributed by atoms with Crippen LogP contribution < -0.4 is 5.73 Å². The molecule has 0 aliphatic carbocycles. The van der Waals surface area contributed by atoms with Gasteiger partial charge in [-0.1, -0.05) is 48.0 Å². The summed E-state index contributed by atoms with van der Waals surface area (Å²) in [5.41, 5.74) is 8.12. The highest BCUT2D eigenvalue weighted by Crippen LogP contribution is 2.24. The van der Waals surface area contributed by atoms with Gasteiger partial charge in [-0.3, -0.25) is 0 Å². The van der Waals surface area contributed by atoms with E-state index in [0.29, 0.717) is 12.5 Å². The summed E-state index contributed by atoms with van der Waals surface area (Å²) in [6.45, 7) is 4.96. The van der Waals surface area contributed by atoms with E-state index in [2.05, 4.69) is 48.0 Å². The molecule has 0 fully saturated rings. The molecule has 1 rings (SSSR count). The highest BCUT2D eigenvalue weighted by atomic mass is 79.9. The number of allylic oxidation sites excluding steroid dienone is 1. The van der Waals surface area contributed by atoms with Crippen LogP contribution in [-0.4, -0.2) is 6.54 Å². The molecule has 0 aromatic heterocycles. The molecule has 0 heterocycles. The van der Waals surface area contributed by atoms with Crippen LogP contribution in [0.5, 0.6) is 0 Å². The summed E-state index contributed by atoms with van der Waals surface area (Å²) in [5.74, 6) is 0.507. The topological polar surface area (TPSA) is 26.0 Å². The van der Waals surface area contributed by atoms with Gasteiger partial charge in [0.25, 0.3) is 0 Å². The number of hydrogen-bond acceptors (Lipinski definition) is 1. The molecule has 0 aliphatic rings. The normalized spacial score (nSPS) is 12.2. The van der Waals surface area contributed by atoms with Gasteiger partial charge in [-0.15, -0.1) is 0 Å². The van der Waals surface area contributed by atoms with Gasteiger partial charge in [-0.2, -0.15) is 0 Å². The van der Waals surface area contributed by atoms with Crippen molar-refractivity contribution < 1.29 is 0 Å². The first kappa shape index (κ1) is 11.5. The van der Waals surface area contributed by atoms with Crippen molar-refractivity contribution >= 4 is 21.5 Å². The van der Waals surface area contributed by atoms with E-state index in [4.69, 9.17) is 5.73 Å². The van der Waals surface area contributed by atoms with Gasteiger partial charge in [0.1, 0.15) is 0 Å². The van der Waals surface area contributed by atoms with Crippen LogP contribution in [0.1, 0.15) is 19.4 Å². The van der Waals surface area contributed by atoms with E-state index < -0.39 is 0 Å². The maximum Gasteiger partial charge on any atom is 0.0181 e. The zero-order valence-electron chi connectivity index (χ0n) is 8.63. The molecule has 1 aromatic rings. The van der Waals surface area contributed by atoms with Gasteiger partial charge < -0.3 is 5.73 Å². The van der Waals surface area contributed by atoms with Gasteiger partial charge >= 0.3 is 0 Å². The summed E-state index contributed by atoms with van der Waals surface area (Å²) in [6, 6.07) is 8.32. The summed E-state index contributed by atoms with van der Waals surface area (Å²) in [7, 11) is 0. The molecule has 0 atom stereocenters. The summed E-state index contributed by atoms with van der Waals surface area (Å²) in [5, 5.41) is 0. The van der Waals surface area contributed by atoms with E-state index in [0.717, 1.165) is 4.47 Å². The lowest BCUT2D eigenvalue weighted by Gasteiger charge is -2.11. The van der Waals surface area contributed by atoms with Crippen LogP contribution in [0.3, 0.4) is 0 Å². The molecule has 0 spiro atoms. The van der Waals surface area contributed by atoms with Gasteiger partial charge in [-0.25, -0.2) is 0 Å². The maximum absolute atomic E-state index is 5.55. The fraction of sp³-hybridized carbons (Fsp3) is 0.333. The molecular formula is C12H16BrN. The lowest BCUT2D eigenvalue weighted by atomic mass is 9.95. The second-order valence-corrected chi connectivity index (χ2v) is 4.48. The smallest absolute Gasteiger partial charge is 0.0181 e. The zero-order chi connectivity index (χ0) is 10.6. The molecule has 0 amide bonds. The van der Waals surface area contributed by atoms with E-state index >= 15 is 0 Å². The van der Waals surface area contributed by atoms with Gasteiger partial charge in [0, 0.05) is 11.0 Å². The molecule has 1 nitrogen and oxygen atoms in total. The Kier molecular flexibility index (Phi) is 4.36. The van der Waals surface area contributed by atoms with E-state index in [1.807, 2.05) is 12.1 Å². The standard InChI is InChI=1S/C12H16BrN/c1-9(2)12(6-7-14)10-4-3-5-11(13)8-10/h3-6,8-9H,7,14H2,1-2H3/b12-6-. The third-order valence-electron chi connectivity index (χ3n) is 2.12. The first-order chi connectivity index (χ1) is 6.65. The van der Waals surface area contributed by atoms with Crippen molar-refractivity contribution in [3.8, 4) is 0 Å². The predicted molar refractivity (Wildman–Crippen MR) is 66.0 cm³/mol. The Balaban J connectivity index is 3.06. The molecule has 0 saturated carbocycles. The van der Waals surface area contributed by atoms with Crippen LogP contribution in [-0.2, 0) is 0 Å². The van der Waals surface area contributed by atoms with Gasteiger partial charge in [0.05, 0.1) is 0 Å². The Morgan fingerprint density at radius 3 is 2.71 bits per heavy atom. The first-order valence-corrected chi connectivity index (χ1v) is 5.60. The Labute approximate surface area is 94.1 Å². The minimum absolute atomic E-state index is 0.507. The van der Waals surface area contributed by atoms with Gasteiger partial charge in [0.2, 0.25) is 0 Å². The lowest BCUT2D eigenvalue weighted by molar-refractivity contribution is 0.852. The molecule has 0 radical (unpaired) electrons. The fourth-order valence-electron chi connectivity index (χ4n) is 1.48. The molecule has 76 valence electrons. The highest BCUT2D eigenvalue weighted by molar-refractivity contribution is 9.10. The van der Waals surface area contributed by atoms with Gasteiger partial charge in [0.15, 0.2) is 0 Å². The monoisotopic (exact) mass is 253 g/mol. The summed E-state index contributed by atoms with van der Waals surface area (Å²) >= 11 is 3.47. The predicted octanol–water partition coefficient (Wildman–Crippen LogP) is 3.45. The fourth-order valence-corrected chi connectivity index (χ4v) is 1.88. The van der Waals surface area contributed by atoms with Crippen molar-refractivity contribution in [1.29, 1.82) is 0 Å². The summed E-state index contributed by atoms with van der Waals surface area (Å²) in [4.78, 5) is 0. The Morgan fingerprint density at radius 1 is 1.50 bits per heavy atom. The molecule has 1 aromatic carbocycles. The number of rotatable bonds is 3. The lowest BCUT2D eigenvalue weighted by Crippen LogP contribution is -2.00. The molecule has 0 aliphatic heterocycles. The molecule has 2 N–H and O–H groups in total. The molecule has 0 bridgehead atoms. The molecule has 2 heteroatoms. The minimum Gasteiger partial charge on any atom is -0.327 e. The Hall–Kier alpha value is -0.600. The number of benzene rings is 1. The molecule has 14 heavy (non-hydrogen) atoms. The van der Waals surface area contributed by atoms with Crippen molar-refractivity contribution in [2.24, 2.45) is 11.7 Å². The summed E-state index contributed by atoms with van der Waals surface area (Å²) < 4.78 is 1.11. The van der Waals surface area contributed by atoms with Crippen molar-refractivity contribution in [3.63, 3.8) is 0 Å². The first-order valence-electron chi connectivity index (χ1n) is 4.81. The average molecular weight is 254 g/mol. The van der Waals surface area contributed by atoms with E-state index in [1.54, 1.807) is 0 Å². The second kappa shape index (κ2) is 5.32. The Morgan fingerprint density at radius 2 is 2.21 bits per heavy atom.